The zero-order valence-corrected chi connectivity index (χ0v) is 9.46. The number of esters is 1. The topological polar surface area (TPSA) is 35.5 Å². The molecule has 0 aliphatic carbocycles. The van der Waals surface area contributed by atoms with Crippen LogP contribution in [0.3, 0.4) is 0 Å². The van der Waals surface area contributed by atoms with Crippen LogP contribution in [0.4, 0.5) is 4.39 Å². The average molecular weight is 226 g/mol. The van der Waals surface area contributed by atoms with E-state index in [1.807, 2.05) is 6.92 Å². The Bertz CT molecular complexity index is 363. The molecule has 0 aliphatic heterocycles. The van der Waals surface area contributed by atoms with Gasteiger partial charge in [0.2, 0.25) is 0 Å². The highest BCUT2D eigenvalue weighted by Gasteiger charge is 2.08. The van der Waals surface area contributed by atoms with E-state index in [-0.39, 0.29) is 12.4 Å². The predicted octanol–water partition coefficient (Wildman–Crippen LogP) is 2.33. The van der Waals surface area contributed by atoms with Crippen molar-refractivity contribution in [1.82, 2.24) is 0 Å². The van der Waals surface area contributed by atoms with Crippen LogP contribution < -0.4 is 0 Å². The number of rotatable bonds is 5. The summed E-state index contributed by atoms with van der Waals surface area (Å²) < 4.78 is 22.9. The molecule has 0 atom stereocenters. The van der Waals surface area contributed by atoms with Crippen molar-refractivity contribution in [2.45, 2.75) is 13.8 Å². The standard InChI is InChI=1S/C12H15FO3/c1-3-15-6-7-16-12(14)10-4-5-11(13)9(2)8-10/h4-5,8H,3,6-7H2,1-2H3. The number of carbonyl (C=O) groups is 1. The number of aryl methyl sites for hydroxylation is 1. The fourth-order valence-electron chi connectivity index (χ4n) is 1.19. The molecular weight excluding hydrogens is 211 g/mol. The molecule has 0 N–H and O–H groups in total. The molecule has 0 radical (unpaired) electrons. The zero-order chi connectivity index (χ0) is 12.0. The summed E-state index contributed by atoms with van der Waals surface area (Å²) in [5.41, 5.74) is 0.787. The van der Waals surface area contributed by atoms with Gasteiger partial charge in [0.05, 0.1) is 12.2 Å². The summed E-state index contributed by atoms with van der Waals surface area (Å²) in [4.78, 5) is 11.5. The smallest absolute Gasteiger partial charge is 0.338 e. The van der Waals surface area contributed by atoms with Gasteiger partial charge < -0.3 is 9.47 Å². The molecule has 1 rings (SSSR count). The SMILES string of the molecule is CCOCCOC(=O)c1ccc(F)c(C)c1. The van der Waals surface area contributed by atoms with Gasteiger partial charge in [-0.1, -0.05) is 0 Å². The van der Waals surface area contributed by atoms with Gasteiger partial charge in [0.25, 0.3) is 0 Å². The van der Waals surface area contributed by atoms with Gasteiger partial charge >= 0.3 is 5.97 Å². The maximum Gasteiger partial charge on any atom is 0.338 e. The van der Waals surface area contributed by atoms with Gasteiger partial charge in [-0.15, -0.1) is 0 Å². The van der Waals surface area contributed by atoms with Crippen molar-refractivity contribution in [3.63, 3.8) is 0 Å². The van der Waals surface area contributed by atoms with Crippen LogP contribution in [0.2, 0.25) is 0 Å². The summed E-state index contributed by atoms with van der Waals surface area (Å²) >= 11 is 0. The Balaban J connectivity index is 2.50. The van der Waals surface area contributed by atoms with Crippen molar-refractivity contribution in [2.24, 2.45) is 0 Å². The zero-order valence-electron chi connectivity index (χ0n) is 9.46. The van der Waals surface area contributed by atoms with Crippen molar-refractivity contribution in [1.29, 1.82) is 0 Å². The molecule has 0 spiro atoms. The predicted molar refractivity (Wildman–Crippen MR) is 57.9 cm³/mol. The molecule has 0 amide bonds. The van der Waals surface area contributed by atoms with Crippen LogP contribution in [0, 0.1) is 12.7 Å². The average Bonchev–Trinajstić information content (AvgIpc) is 2.28. The van der Waals surface area contributed by atoms with E-state index in [9.17, 15) is 9.18 Å². The highest BCUT2D eigenvalue weighted by atomic mass is 19.1. The summed E-state index contributed by atoms with van der Waals surface area (Å²) in [5, 5.41) is 0. The second kappa shape index (κ2) is 6.23. The summed E-state index contributed by atoms with van der Waals surface area (Å²) in [5.74, 6) is -0.784. The van der Waals surface area contributed by atoms with Gasteiger partial charge in [-0.3, -0.25) is 0 Å². The first kappa shape index (κ1) is 12.6. The lowest BCUT2D eigenvalue weighted by atomic mass is 10.1. The molecule has 0 bridgehead atoms. The molecule has 3 nitrogen and oxygen atoms in total. The Labute approximate surface area is 94.2 Å². The monoisotopic (exact) mass is 226 g/mol. The lowest BCUT2D eigenvalue weighted by molar-refractivity contribution is 0.0335. The third-order valence-electron chi connectivity index (χ3n) is 2.06. The Morgan fingerprint density at radius 1 is 1.38 bits per heavy atom. The minimum absolute atomic E-state index is 0.211. The van der Waals surface area contributed by atoms with Crippen molar-refractivity contribution in [3.05, 3.63) is 35.1 Å². The molecule has 0 saturated heterocycles. The fraction of sp³-hybridized carbons (Fsp3) is 0.417. The van der Waals surface area contributed by atoms with Gasteiger partial charge in [0, 0.05) is 6.61 Å². The van der Waals surface area contributed by atoms with E-state index >= 15 is 0 Å². The Morgan fingerprint density at radius 2 is 2.12 bits per heavy atom. The molecular formula is C12H15FO3. The van der Waals surface area contributed by atoms with Crippen LogP contribution in [0.15, 0.2) is 18.2 Å². The largest absolute Gasteiger partial charge is 0.460 e. The molecule has 1 aromatic carbocycles. The first-order valence-electron chi connectivity index (χ1n) is 5.16. The van der Waals surface area contributed by atoms with E-state index in [0.717, 1.165) is 0 Å². The van der Waals surface area contributed by atoms with E-state index in [4.69, 9.17) is 9.47 Å². The third-order valence-corrected chi connectivity index (χ3v) is 2.06. The van der Waals surface area contributed by atoms with E-state index < -0.39 is 5.97 Å². The molecule has 0 aromatic heterocycles. The Hall–Kier alpha value is -1.42. The molecule has 0 fully saturated rings. The number of hydrogen-bond donors (Lipinski definition) is 0. The van der Waals surface area contributed by atoms with Crippen LogP contribution >= 0.6 is 0 Å². The van der Waals surface area contributed by atoms with E-state index in [0.29, 0.717) is 24.3 Å². The van der Waals surface area contributed by atoms with Crippen LogP contribution in [0.25, 0.3) is 0 Å². The van der Waals surface area contributed by atoms with Crippen molar-refractivity contribution in [3.8, 4) is 0 Å². The summed E-state index contributed by atoms with van der Waals surface area (Å²) in [6, 6.07) is 4.14. The van der Waals surface area contributed by atoms with Crippen LogP contribution in [0.1, 0.15) is 22.8 Å². The normalized spacial score (nSPS) is 10.2. The summed E-state index contributed by atoms with van der Waals surface area (Å²) in [6.07, 6.45) is 0. The number of benzene rings is 1. The van der Waals surface area contributed by atoms with E-state index in [1.54, 1.807) is 6.92 Å². The number of halogens is 1. The maximum atomic E-state index is 12.9. The van der Waals surface area contributed by atoms with Crippen LogP contribution in [-0.2, 0) is 9.47 Å². The van der Waals surface area contributed by atoms with Crippen molar-refractivity contribution in [2.75, 3.05) is 19.8 Å². The van der Waals surface area contributed by atoms with E-state index in [2.05, 4.69) is 0 Å². The van der Waals surface area contributed by atoms with Crippen molar-refractivity contribution >= 4 is 5.97 Å². The van der Waals surface area contributed by atoms with Gasteiger partial charge in [0.1, 0.15) is 12.4 Å². The van der Waals surface area contributed by atoms with Gasteiger partial charge in [-0.2, -0.15) is 0 Å². The highest BCUT2D eigenvalue weighted by molar-refractivity contribution is 5.89. The minimum atomic E-state index is -0.456. The first-order valence-corrected chi connectivity index (χ1v) is 5.16. The second-order valence-electron chi connectivity index (χ2n) is 3.30. The highest BCUT2D eigenvalue weighted by Crippen LogP contribution is 2.10. The quantitative estimate of drug-likeness (QED) is 0.571. The molecule has 0 unspecified atom stereocenters. The minimum Gasteiger partial charge on any atom is -0.460 e. The van der Waals surface area contributed by atoms with Crippen molar-refractivity contribution < 1.29 is 18.7 Å². The Morgan fingerprint density at radius 3 is 2.75 bits per heavy atom. The fourth-order valence-corrected chi connectivity index (χ4v) is 1.19. The summed E-state index contributed by atoms with van der Waals surface area (Å²) in [6.45, 7) is 4.65. The molecule has 4 heteroatoms. The Kier molecular flexibility index (Phi) is 4.92. The van der Waals surface area contributed by atoms with Crippen LogP contribution in [0.5, 0.6) is 0 Å². The molecule has 16 heavy (non-hydrogen) atoms. The van der Waals surface area contributed by atoms with Crippen LogP contribution in [-0.4, -0.2) is 25.8 Å². The molecule has 1 aromatic rings. The third kappa shape index (κ3) is 3.62. The molecule has 0 aliphatic rings. The van der Waals surface area contributed by atoms with E-state index in [1.165, 1.54) is 18.2 Å². The number of carbonyl (C=O) groups excluding carboxylic acids is 1. The second-order valence-corrected chi connectivity index (χ2v) is 3.30. The first-order chi connectivity index (χ1) is 7.65. The lowest BCUT2D eigenvalue weighted by Crippen LogP contribution is -2.11. The molecule has 0 saturated carbocycles. The van der Waals surface area contributed by atoms with Gasteiger partial charge in [-0.05, 0) is 37.6 Å². The number of hydrogen-bond acceptors (Lipinski definition) is 3. The lowest BCUT2D eigenvalue weighted by Gasteiger charge is -2.05. The summed E-state index contributed by atoms with van der Waals surface area (Å²) in [7, 11) is 0. The maximum absolute atomic E-state index is 12.9. The van der Waals surface area contributed by atoms with Gasteiger partial charge in [0.15, 0.2) is 0 Å². The number of ether oxygens (including phenoxy) is 2. The molecule has 88 valence electrons. The van der Waals surface area contributed by atoms with Gasteiger partial charge in [-0.25, -0.2) is 9.18 Å². The molecule has 0 heterocycles.